The standard InChI is InChI=1S/C26H30FN5O4S/c1-35-21-6-10-32-11-9-28-23(32)22(21)25(34)31-18-4-2-17(3-5-18)30-24(33)20-14-16(27)15-29-26(20)36-19-7-12-37-13-8-19/h6,9-11,14-15,17-19H,2-5,7-8,12-13H2,1H3,(H,30,33)(H,31,34). The van der Waals surface area contributed by atoms with Crippen LogP contribution in [-0.2, 0) is 0 Å². The quantitative estimate of drug-likeness (QED) is 0.483. The number of imidazole rings is 1. The molecule has 1 aliphatic heterocycles. The number of hydrogen-bond acceptors (Lipinski definition) is 7. The number of nitrogens with one attached hydrogen (secondary N) is 2. The van der Waals surface area contributed by atoms with E-state index in [1.54, 1.807) is 29.1 Å². The number of pyridine rings is 2. The van der Waals surface area contributed by atoms with Crippen LogP contribution in [0.3, 0.4) is 0 Å². The lowest BCUT2D eigenvalue weighted by atomic mass is 9.90. The van der Waals surface area contributed by atoms with Crippen molar-refractivity contribution in [2.24, 2.45) is 0 Å². The van der Waals surface area contributed by atoms with Gasteiger partial charge in [0, 0.05) is 30.7 Å². The summed E-state index contributed by atoms with van der Waals surface area (Å²) in [4.78, 5) is 34.5. The summed E-state index contributed by atoms with van der Waals surface area (Å²) < 4.78 is 27.1. The fourth-order valence-corrected chi connectivity index (χ4v) is 5.95. The summed E-state index contributed by atoms with van der Waals surface area (Å²) in [5, 5.41) is 6.10. The van der Waals surface area contributed by atoms with Crippen molar-refractivity contribution in [3.63, 3.8) is 0 Å². The van der Waals surface area contributed by atoms with Crippen LogP contribution in [-0.4, -0.2) is 63.0 Å². The highest BCUT2D eigenvalue weighted by atomic mass is 32.2. The fraction of sp³-hybridized carbons (Fsp3) is 0.462. The first kappa shape index (κ1) is 25.3. The molecule has 0 spiro atoms. The topological polar surface area (TPSA) is 107 Å². The first-order valence-corrected chi connectivity index (χ1v) is 13.7. The summed E-state index contributed by atoms with van der Waals surface area (Å²) in [5.41, 5.74) is 1.05. The van der Waals surface area contributed by atoms with E-state index in [4.69, 9.17) is 9.47 Å². The lowest BCUT2D eigenvalue weighted by Crippen LogP contribution is -2.44. The van der Waals surface area contributed by atoms with Crippen LogP contribution in [0, 0.1) is 5.82 Å². The van der Waals surface area contributed by atoms with E-state index in [1.807, 2.05) is 11.8 Å². The van der Waals surface area contributed by atoms with Crippen molar-refractivity contribution in [2.45, 2.75) is 56.7 Å². The molecule has 0 atom stereocenters. The third kappa shape index (κ3) is 5.82. The van der Waals surface area contributed by atoms with Gasteiger partial charge in [0.25, 0.3) is 11.8 Å². The van der Waals surface area contributed by atoms with Crippen LogP contribution in [0.25, 0.3) is 5.65 Å². The van der Waals surface area contributed by atoms with Crippen molar-refractivity contribution in [1.82, 2.24) is 25.0 Å². The molecule has 2 amide bonds. The van der Waals surface area contributed by atoms with Gasteiger partial charge in [-0.25, -0.2) is 14.4 Å². The van der Waals surface area contributed by atoms with Gasteiger partial charge in [0.1, 0.15) is 28.8 Å². The minimum absolute atomic E-state index is 0.0174. The smallest absolute Gasteiger partial charge is 0.259 e. The highest BCUT2D eigenvalue weighted by Gasteiger charge is 2.28. The Kier molecular flexibility index (Phi) is 7.78. The highest BCUT2D eigenvalue weighted by molar-refractivity contribution is 7.99. The molecular formula is C26H30FN5O4S. The Morgan fingerprint density at radius 3 is 2.43 bits per heavy atom. The number of amides is 2. The molecule has 1 saturated heterocycles. The van der Waals surface area contributed by atoms with E-state index in [9.17, 15) is 14.0 Å². The summed E-state index contributed by atoms with van der Waals surface area (Å²) in [6.07, 6.45) is 10.8. The van der Waals surface area contributed by atoms with Gasteiger partial charge in [-0.05, 0) is 62.2 Å². The van der Waals surface area contributed by atoms with Gasteiger partial charge < -0.3 is 24.5 Å². The average molecular weight is 528 g/mol. The molecule has 1 aliphatic carbocycles. The Morgan fingerprint density at radius 1 is 1.03 bits per heavy atom. The molecule has 2 aliphatic rings. The maximum Gasteiger partial charge on any atom is 0.259 e. The van der Waals surface area contributed by atoms with Crippen molar-refractivity contribution in [3.05, 3.63) is 53.9 Å². The third-order valence-corrected chi connectivity index (χ3v) is 7.93. The van der Waals surface area contributed by atoms with Crippen LogP contribution >= 0.6 is 11.8 Å². The van der Waals surface area contributed by atoms with Crippen LogP contribution in [0.1, 0.15) is 59.2 Å². The summed E-state index contributed by atoms with van der Waals surface area (Å²) >= 11 is 1.87. The predicted molar refractivity (Wildman–Crippen MR) is 138 cm³/mol. The zero-order chi connectivity index (χ0) is 25.8. The fourth-order valence-electron chi connectivity index (χ4n) is 4.89. The molecule has 4 heterocycles. The summed E-state index contributed by atoms with van der Waals surface area (Å²) in [5.74, 6) is 1.43. The largest absolute Gasteiger partial charge is 0.496 e. The molecule has 196 valence electrons. The molecule has 0 unspecified atom stereocenters. The second-order valence-corrected chi connectivity index (χ2v) is 10.6. The first-order valence-electron chi connectivity index (χ1n) is 12.5. The van der Waals surface area contributed by atoms with Crippen molar-refractivity contribution in [3.8, 4) is 11.6 Å². The van der Waals surface area contributed by atoms with Crippen molar-refractivity contribution >= 4 is 29.2 Å². The van der Waals surface area contributed by atoms with E-state index in [0.29, 0.717) is 42.6 Å². The molecule has 1 saturated carbocycles. The van der Waals surface area contributed by atoms with Gasteiger partial charge in [0.05, 0.1) is 13.3 Å². The van der Waals surface area contributed by atoms with E-state index in [1.165, 1.54) is 13.2 Å². The van der Waals surface area contributed by atoms with E-state index in [2.05, 4.69) is 20.6 Å². The molecule has 0 radical (unpaired) electrons. The number of carbonyl (C=O) groups is 2. The minimum atomic E-state index is -0.578. The lowest BCUT2D eigenvalue weighted by Gasteiger charge is -2.30. The molecule has 2 N–H and O–H groups in total. The number of rotatable bonds is 7. The number of carbonyl (C=O) groups excluding carboxylic acids is 2. The Morgan fingerprint density at radius 2 is 1.73 bits per heavy atom. The number of halogens is 1. The van der Waals surface area contributed by atoms with Gasteiger partial charge in [-0.2, -0.15) is 11.8 Å². The van der Waals surface area contributed by atoms with Crippen molar-refractivity contribution < 1.29 is 23.5 Å². The van der Waals surface area contributed by atoms with Crippen molar-refractivity contribution in [2.75, 3.05) is 18.6 Å². The highest BCUT2D eigenvalue weighted by Crippen LogP contribution is 2.27. The molecular weight excluding hydrogens is 497 g/mol. The Labute approximate surface area is 218 Å². The normalized spacial score (nSPS) is 20.4. The van der Waals surface area contributed by atoms with Gasteiger partial charge in [-0.15, -0.1) is 0 Å². The maximum atomic E-state index is 14.0. The van der Waals surface area contributed by atoms with Crippen LogP contribution in [0.4, 0.5) is 4.39 Å². The van der Waals surface area contributed by atoms with E-state index in [0.717, 1.165) is 30.5 Å². The number of fused-ring (bicyclic) bond motifs is 1. The van der Waals surface area contributed by atoms with E-state index >= 15 is 0 Å². The molecule has 37 heavy (non-hydrogen) atoms. The number of aromatic nitrogens is 3. The zero-order valence-electron chi connectivity index (χ0n) is 20.6. The second kappa shape index (κ2) is 11.4. The van der Waals surface area contributed by atoms with Crippen LogP contribution < -0.4 is 20.1 Å². The SMILES string of the molecule is COc1ccn2ccnc2c1C(=O)NC1CCC(NC(=O)c2cc(F)cnc2OC2CCSCC2)CC1. The molecule has 0 bridgehead atoms. The molecule has 5 rings (SSSR count). The number of methoxy groups -OCH3 is 1. The van der Waals surface area contributed by atoms with Gasteiger partial charge in [-0.1, -0.05) is 0 Å². The number of nitrogens with zero attached hydrogens (tertiary/aromatic N) is 3. The van der Waals surface area contributed by atoms with E-state index in [-0.39, 0.29) is 35.5 Å². The molecule has 2 fully saturated rings. The van der Waals surface area contributed by atoms with Crippen molar-refractivity contribution in [1.29, 1.82) is 0 Å². The number of ether oxygens (including phenoxy) is 2. The van der Waals surface area contributed by atoms with E-state index < -0.39 is 11.7 Å². The summed E-state index contributed by atoms with van der Waals surface area (Å²) in [6, 6.07) is 2.79. The minimum Gasteiger partial charge on any atom is -0.496 e. The summed E-state index contributed by atoms with van der Waals surface area (Å²) in [6.45, 7) is 0. The predicted octanol–water partition coefficient (Wildman–Crippen LogP) is 3.62. The first-order chi connectivity index (χ1) is 18.0. The Balaban J connectivity index is 1.18. The van der Waals surface area contributed by atoms with Crippen LogP contribution in [0.15, 0.2) is 36.9 Å². The maximum absolute atomic E-state index is 14.0. The third-order valence-electron chi connectivity index (χ3n) is 6.88. The second-order valence-electron chi connectivity index (χ2n) is 9.35. The van der Waals surface area contributed by atoms with Gasteiger partial charge in [-0.3, -0.25) is 9.59 Å². The molecule has 0 aromatic carbocycles. The van der Waals surface area contributed by atoms with Crippen LogP contribution in [0.2, 0.25) is 0 Å². The molecule has 11 heteroatoms. The summed E-state index contributed by atoms with van der Waals surface area (Å²) in [7, 11) is 1.53. The monoisotopic (exact) mass is 527 g/mol. The van der Waals surface area contributed by atoms with Gasteiger partial charge in [0.2, 0.25) is 5.88 Å². The average Bonchev–Trinajstić information content (AvgIpc) is 3.39. The Bertz CT molecular complexity index is 1270. The van der Waals surface area contributed by atoms with Gasteiger partial charge in [0.15, 0.2) is 5.65 Å². The molecule has 3 aromatic rings. The zero-order valence-corrected chi connectivity index (χ0v) is 21.4. The number of thioether (sulfide) groups is 1. The van der Waals surface area contributed by atoms with Gasteiger partial charge >= 0.3 is 0 Å². The molecule has 9 nitrogen and oxygen atoms in total. The Hall–Kier alpha value is -3.34. The molecule has 3 aromatic heterocycles. The number of hydrogen-bond donors (Lipinski definition) is 2. The van der Waals surface area contributed by atoms with Crippen LogP contribution in [0.5, 0.6) is 11.6 Å². The lowest BCUT2D eigenvalue weighted by molar-refractivity contribution is 0.0884.